The lowest BCUT2D eigenvalue weighted by Gasteiger charge is -2.28. The van der Waals surface area contributed by atoms with Crippen LogP contribution in [0.1, 0.15) is 12.0 Å². The molecule has 7 nitrogen and oxygen atoms in total. The van der Waals surface area contributed by atoms with E-state index in [0.29, 0.717) is 11.3 Å². The minimum atomic E-state index is 0.127. The SMILES string of the molecule is CN1CC[C@@H](Oc2ccc(-c3ccnc4[nH]c(-c5ccc(N6CCOCC6)cc5)cc34)cc2C#N)C1. The quantitative estimate of drug-likeness (QED) is 0.448. The number of likely N-dealkylation sites (tertiary alicyclic amines) is 1. The molecule has 2 saturated heterocycles. The monoisotopic (exact) mass is 479 g/mol. The Labute approximate surface area is 210 Å². The van der Waals surface area contributed by atoms with E-state index in [1.54, 1.807) is 0 Å². The number of rotatable bonds is 5. The predicted molar refractivity (Wildman–Crippen MR) is 141 cm³/mol. The summed E-state index contributed by atoms with van der Waals surface area (Å²) in [4.78, 5) is 12.6. The molecule has 0 saturated carbocycles. The largest absolute Gasteiger partial charge is 0.488 e. The number of H-pyrrole nitrogens is 1. The number of aromatic amines is 1. The molecular formula is C29H29N5O2. The molecule has 6 rings (SSSR count). The normalized spacial score (nSPS) is 18.4. The van der Waals surface area contributed by atoms with Crippen LogP contribution in [0.4, 0.5) is 5.69 Å². The average molecular weight is 480 g/mol. The van der Waals surface area contributed by atoms with Crippen molar-refractivity contribution in [1.82, 2.24) is 14.9 Å². The molecule has 0 aliphatic carbocycles. The van der Waals surface area contributed by atoms with E-state index in [1.165, 1.54) is 5.69 Å². The molecule has 4 aromatic rings. The zero-order valence-electron chi connectivity index (χ0n) is 20.4. The van der Waals surface area contributed by atoms with Crippen molar-refractivity contribution in [2.24, 2.45) is 0 Å². The fourth-order valence-electron chi connectivity index (χ4n) is 5.17. The molecule has 1 atom stereocenters. The third kappa shape index (κ3) is 4.41. The Balaban J connectivity index is 1.29. The molecule has 36 heavy (non-hydrogen) atoms. The summed E-state index contributed by atoms with van der Waals surface area (Å²) in [6, 6.07) is 21.0. The summed E-state index contributed by atoms with van der Waals surface area (Å²) in [7, 11) is 2.09. The van der Waals surface area contributed by atoms with Crippen LogP contribution in [0.5, 0.6) is 5.75 Å². The molecule has 4 heterocycles. The van der Waals surface area contributed by atoms with Crippen LogP contribution < -0.4 is 9.64 Å². The van der Waals surface area contributed by atoms with E-state index in [9.17, 15) is 5.26 Å². The molecule has 7 heteroatoms. The number of pyridine rings is 1. The Kier molecular flexibility index (Phi) is 6.06. The first-order valence-corrected chi connectivity index (χ1v) is 12.5. The van der Waals surface area contributed by atoms with Crippen molar-refractivity contribution in [1.29, 1.82) is 5.26 Å². The maximum absolute atomic E-state index is 9.83. The van der Waals surface area contributed by atoms with Crippen LogP contribution in [-0.4, -0.2) is 67.4 Å². The number of morpholine rings is 1. The summed E-state index contributed by atoms with van der Waals surface area (Å²) in [5.41, 5.74) is 6.74. The van der Waals surface area contributed by atoms with E-state index < -0.39 is 0 Å². The summed E-state index contributed by atoms with van der Waals surface area (Å²) in [5, 5.41) is 10.9. The summed E-state index contributed by atoms with van der Waals surface area (Å²) >= 11 is 0. The van der Waals surface area contributed by atoms with Crippen LogP contribution in [0.2, 0.25) is 0 Å². The Morgan fingerprint density at radius 2 is 1.83 bits per heavy atom. The Morgan fingerprint density at radius 1 is 1.03 bits per heavy atom. The smallest absolute Gasteiger partial charge is 0.138 e. The molecule has 0 bridgehead atoms. The van der Waals surface area contributed by atoms with E-state index in [0.717, 1.165) is 79.2 Å². The number of aromatic nitrogens is 2. The highest BCUT2D eigenvalue weighted by Crippen LogP contribution is 2.34. The number of fused-ring (bicyclic) bond motifs is 1. The van der Waals surface area contributed by atoms with Crippen LogP contribution in [0.25, 0.3) is 33.4 Å². The lowest BCUT2D eigenvalue weighted by molar-refractivity contribution is 0.122. The number of hydrogen-bond acceptors (Lipinski definition) is 6. The zero-order chi connectivity index (χ0) is 24.5. The van der Waals surface area contributed by atoms with Gasteiger partial charge in [-0.15, -0.1) is 0 Å². The molecule has 2 aromatic heterocycles. The molecular weight excluding hydrogens is 450 g/mol. The Bertz CT molecular complexity index is 1420. The molecule has 1 N–H and O–H groups in total. The van der Waals surface area contributed by atoms with E-state index in [-0.39, 0.29) is 6.10 Å². The van der Waals surface area contributed by atoms with E-state index >= 15 is 0 Å². The maximum Gasteiger partial charge on any atom is 0.138 e. The standard InChI is InChI=1S/C29H29N5O2/c1-33-11-9-24(19-33)36-28-7-4-21(16-22(28)18-30)25-8-10-31-29-26(25)17-27(32-29)20-2-5-23(6-3-20)34-12-14-35-15-13-34/h2-8,10,16-17,24H,9,11-15,19H2,1H3,(H,31,32)/t24-/m1/s1. The highest BCUT2D eigenvalue weighted by molar-refractivity contribution is 5.96. The lowest BCUT2D eigenvalue weighted by atomic mass is 10.0. The fraction of sp³-hybridized carbons (Fsp3) is 0.310. The molecule has 182 valence electrons. The number of benzene rings is 2. The molecule has 0 amide bonds. The van der Waals surface area contributed by atoms with Gasteiger partial charge >= 0.3 is 0 Å². The molecule has 0 unspecified atom stereocenters. The van der Waals surface area contributed by atoms with E-state index in [1.807, 2.05) is 30.5 Å². The van der Waals surface area contributed by atoms with Gasteiger partial charge in [-0.25, -0.2) is 4.98 Å². The highest BCUT2D eigenvalue weighted by atomic mass is 16.5. The number of anilines is 1. The molecule has 2 aromatic carbocycles. The van der Waals surface area contributed by atoms with Gasteiger partial charge < -0.3 is 24.3 Å². The summed E-state index contributed by atoms with van der Waals surface area (Å²) < 4.78 is 11.6. The number of nitrogens with zero attached hydrogens (tertiary/aromatic N) is 4. The first kappa shape index (κ1) is 22.6. The Morgan fingerprint density at radius 3 is 2.58 bits per heavy atom. The maximum atomic E-state index is 9.83. The van der Waals surface area contributed by atoms with Gasteiger partial charge in [-0.2, -0.15) is 5.26 Å². The molecule has 0 radical (unpaired) electrons. The number of nitrogens with one attached hydrogen (secondary N) is 1. The number of hydrogen-bond donors (Lipinski definition) is 1. The number of likely N-dealkylation sites (N-methyl/N-ethyl adjacent to an activating group) is 1. The van der Waals surface area contributed by atoms with Crippen molar-refractivity contribution in [3.05, 3.63) is 66.4 Å². The Hall–Kier alpha value is -3.86. The van der Waals surface area contributed by atoms with Crippen LogP contribution in [0, 0.1) is 11.3 Å². The first-order valence-electron chi connectivity index (χ1n) is 12.5. The second-order valence-corrected chi connectivity index (χ2v) is 9.56. The lowest BCUT2D eigenvalue weighted by Crippen LogP contribution is -2.36. The molecule has 2 aliphatic rings. The van der Waals surface area contributed by atoms with Gasteiger partial charge in [0.2, 0.25) is 0 Å². The third-order valence-electron chi connectivity index (χ3n) is 7.14. The van der Waals surface area contributed by atoms with Gasteiger partial charge in [0.1, 0.15) is 23.6 Å². The van der Waals surface area contributed by atoms with Crippen LogP contribution in [0.15, 0.2) is 60.8 Å². The fourth-order valence-corrected chi connectivity index (χ4v) is 5.17. The van der Waals surface area contributed by atoms with Gasteiger partial charge in [0.05, 0.1) is 18.8 Å². The third-order valence-corrected chi connectivity index (χ3v) is 7.14. The van der Waals surface area contributed by atoms with Crippen molar-refractivity contribution in [2.45, 2.75) is 12.5 Å². The van der Waals surface area contributed by atoms with Gasteiger partial charge in [0.15, 0.2) is 0 Å². The van der Waals surface area contributed by atoms with Gasteiger partial charge in [-0.05, 0) is 66.6 Å². The highest BCUT2D eigenvalue weighted by Gasteiger charge is 2.22. The molecule has 2 fully saturated rings. The van der Waals surface area contributed by atoms with Crippen molar-refractivity contribution >= 4 is 16.7 Å². The van der Waals surface area contributed by atoms with Crippen molar-refractivity contribution < 1.29 is 9.47 Å². The minimum absolute atomic E-state index is 0.127. The molecule has 0 spiro atoms. The van der Waals surface area contributed by atoms with Gasteiger partial charge in [-0.3, -0.25) is 0 Å². The van der Waals surface area contributed by atoms with Gasteiger partial charge in [0.25, 0.3) is 0 Å². The van der Waals surface area contributed by atoms with Gasteiger partial charge in [-0.1, -0.05) is 18.2 Å². The van der Waals surface area contributed by atoms with Crippen molar-refractivity contribution in [3.8, 4) is 34.2 Å². The van der Waals surface area contributed by atoms with Crippen molar-refractivity contribution in [2.75, 3.05) is 51.3 Å². The van der Waals surface area contributed by atoms with Crippen molar-refractivity contribution in [3.63, 3.8) is 0 Å². The second kappa shape index (κ2) is 9.65. The minimum Gasteiger partial charge on any atom is -0.488 e. The summed E-state index contributed by atoms with van der Waals surface area (Å²) in [5.74, 6) is 0.655. The summed E-state index contributed by atoms with van der Waals surface area (Å²) in [6.45, 7) is 5.30. The predicted octanol–water partition coefficient (Wildman–Crippen LogP) is 4.69. The number of ether oxygens (including phenoxy) is 2. The summed E-state index contributed by atoms with van der Waals surface area (Å²) in [6.07, 6.45) is 2.92. The first-order chi connectivity index (χ1) is 17.7. The van der Waals surface area contributed by atoms with Crippen LogP contribution in [0.3, 0.4) is 0 Å². The van der Waals surface area contributed by atoms with E-state index in [2.05, 4.69) is 63.2 Å². The zero-order valence-corrected chi connectivity index (χ0v) is 20.4. The second-order valence-electron chi connectivity index (χ2n) is 9.56. The topological polar surface area (TPSA) is 77.4 Å². The van der Waals surface area contributed by atoms with E-state index in [4.69, 9.17) is 9.47 Å². The van der Waals surface area contributed by atoms with Crippen LogP contribution in [-0.2, 0) is 4.74 Å². The average Bonchev–Trinajstić information content (AvgIpc) is 3.55. The molecule has 2 aliphatic heterocycles. The van der Waals surface area contributed by atoms with Gasteiger partial charge in [0, 0.05) is 49.1 Å². The number of nitriles is 1. The van der Waals surface area contributed by atoms with Crippen LogP contribution >= 0.6 is 0 Å².